The van der Waals surface area contributed by atoms with Crippen LogP contribution >= 0.6 is 0 Å². The number of nitrogens with one attached hydrogen (secondary N) is 1. The van der Waals surface area contributed by atoms with Crippen LogP contribution in [-0.2, 0) is 14.8 Å². The van der Waals surface area contributed by atoms with Gasteiger partial charge in [-0.25, -0.2) is 22.4 Å². The second kappa shape index (κ2) is 8.33. The lowest BCUT2D eigenvalue weighted by atomic mass is 10.1. The fourth-order valence-corrected chi connectivity index (χ4v) is 5.79. The predicted molar refractivity (Wildman–Crippen MR) is 130 cm³/mol. The summed E-state index contributed by atoms with van der Waals surface area (Å²) in [5.41, 5.74) is 3.69. The van der Waals surface area contributed by atoms with Gasteiger partial charge in [-0.15, -0.1) is 0 Å². The summed E-state index contributed by atoms with van der Waals surface area (Å²) in [6.45, 7) is 3.75. The molecule has 0 spiro atoms. The molecular formula is C23H27N7O3S. The van der Waals surface area contributed by atoms with Crippen molar-refractivity contribution in [2.75, 3.05) is 50.5 Å². The first-order chi connectivity index (χ1) is 16.5. The van der Waals surface area contributed by atoms with E-state index in [9.17, 15) is 8.42 Å². The number of fused-ring (bicyclic) bond motifs is 2. The van der Waals surface area contributed by atoms with Crippen molar-refractivity contribution >= 4 is 37.9 Å². The molecule has 0 saturated carbocycles. The summed E-state index contributed by atoms with van der Waals surface area (Å²) in [7, 11) is -3.18. The molecule has 11 heteroatoms. The van der Waals surface area contributed by atoms with E-state index in [1.54, 1.807) is 4.31 Å². The Morgan fingerprint density at radius 1 is 1.06 bits per heavy atom. The van der Waals surface area contributed by atoms with Crippen LogP contribution in [0.1, 0.15) is 18.9 Å². The maximum atomic E-state index is 12.0. The van der Waals surface area contributed by atoms with Crippen LogP contribution in [0.25, 0.3) is 33.2 Å². The van der Waals surface area contributed by atoms with Gasteiger partial charge in [0.1, 0.15) is 0 Å². The van der Waals surface area contributed by atoms with Gasteiger partial charge in [0.2, 0.25) is 16.0 Å². The minimum Gasteiger partial charge on any atom is -0.378 e. The van der Waals surface area contributed by atoms with E-state index in [1.165, 1.54) is 6.26 Å². The van der Waals surface area contributed by atoms with E-state index >= 15 is 0 Å². The van der Waals surface area contributed by atoms with Crippen molar-refractivity contribution in [3.05, 3.63) is 36.7 Å². The summed E-state index contributed by atoms with van der Waals surface area (Å²) in [4.78, 5) is 15.4. The van der Waals surface area contributed by atoms with Crippen LogP contribution in [-0.4, -0.2) is 83.1 Å². The van der Waals surface area contributed by atoms with Crippen LogP contribution in [0.4, 0.5) is 5.95 Å². The summed E-state index contributed by atoms with van der Waals surface area (Å²) < 4.78 is 32.9. The summed E-state index contributed by atoms with van der Waals surface area (Å²) in [6, 6.07) is 8.43. The lowest BCUT2D eigenvalue weighted by Gasteiger charge is -2.30. The SMILES string of the molecule is CS(=O)(=O)N1CCC(n2ncc3c(-c4ccc5cc[nH]c5c4)nc(N4CCOCC4)nc32)CC1. The zero-order chi connectivity index (χ0) is 23.3. The van der Waals surface area contributed by atoms with Gasteiger partial charge in [0.05, 0.1) is 42.8 Å². The molecule has 0 bridgehead atoms. The van der Waals surface area contributed by atoms with Crippen molar-refractivity contribution < 1.29 is 13.2 Å². The number of hydrogen-bond donors (Lipinski definition) is 1. The van der Waals surface area contributed by atoms with Crippen LogP contribution in [0.5, 0.6) is 0 Å². The quantitative estimate of drug-likeness (QED) is 0.477. The van der Waals surface area contributed by atoms with Crippen molar-refractivity contribution in [1.82, 2.24) is 29.0 Å². The van der Waals surface area contributed by atoms with E-state index in [0.29, 0.717) is 45.1 Å². The number of aromatic nitrogens is 5. The molecule has 0 radical (unpaired) electrons. The average molecular weight is 482 g/mol. The first-order valence-corrected chi connectivity index (χ1v) is 13.4. The van der Waals surface area contributed by atoms with E-state index < -0.39 is 10.0 Å². The fraction of sp³-hybridized carbons (Fsp3) is 0.435. The Morgan fingerprint density at radius 2 is 1.85 bits per heavy atom. The van der Waals surface area contributed by atoms with E-state index in [-0.39, 0.29) is 6.04 Å². The number of aromatic amines is 1. The Hall–Kier alpha value is -3.02. The highest BCUT2D eigenvalue weighted by Crippen LogP contribution is 2.33. The largest absolute Gasteiger partial charge is 0.378 e. The Kier molecular flexibility index (Phi) is 5.27. The molecule has 10 nitrogen and oxygen atoms in total. The first-order valence-electron chi connectivity index (χ1n) is 11.6. The molecule has 2 aliphatic heterocycles. The average Bonchev–Trinajstić information content (AvgIpc) is 3.50. The van der Waals surface area contributed by atoms with E-state index in [2.05, 4.69) is 34.1 Å². The molecule has 0 aliphatic carbocycles. The Bertz CT molecular complexity index is 1450. The Morgan fingerprint density at radius 3 is 2.62 bits per heavy atom. The second-order valence-electron chi connectivity index (χ2n) is 8.97. The van der Waals surface area contributed by atoms with Gasteiger partial charge in [0, 0.05) is 43.5 Å². The number of anilines is 1. The molecule has 2 aliphatic rings. The van der Waals surface area contributed by atoms with Gasteiger partial charge < -0.3 is 14.6 Å². The van der Waals surface area contributed by atoms with Gasteiger partial charge in [-0.3, -0.25) is 0 Å². The molecule has 34 heavy (non-hydrogen) atoms. The van der Waals surface area contributed by atoms with Gasteiger partial charge >= 0.3 is 0 Å². The van der Waals surface area contributed by atoms with Crippen molar-refractivity contribution in [3.63, 3.8) is 0 Å². The second-order valence-corrected chi connectivity index (χ2v) is 11.0. The van der Waals surface area contributed by atoms with Gasteiger partial charge in [-0.1, -0.05) is 12.1 Å². The van der Waals surface area contributed by atoms with Crippen LogP contribution in [0, 0.1) is 0 Å². The van der Waals surface area contributed by atoms with E-state index in [4.69, 9.17) is 19.8 Å². The Labute approximate surface area is 197 Å². The highest BCUT2D eigenvalue weighted by molar-refractivity contribution is 7.88. The van der Waals surface area contributed by atoms with Crippen LogP contribution in [0.3, 0.4) is 0 Å². The summed E-state index contributed by atoms with van der Waals surface area (Å²) in [5, 5.41) is 6.77. The smallest absolute Gasteiger partial charge is 0.228 e. The third-order valence-corrected chi connectivity index (χ3v) is 8.11. The first kappa shape index (κ1) is 21.5. The zero-order valence-electron chi connectivity index (χ0n) is 19.0. The monoisotopic (exact) mass is 481 g/mol. The minimum atomic E-state index is -3.18. The number of piperidine rings is 1. The molecule has 3 aromatic heterocycles. The molecule has 178 valence electrons. The van der Waals surface area contributed by atoms with Crippen molar-refractivity contribution in [2.45, 2.75) is 18.9 Å². The lowest BCUT2D eigenvalue weighted by Crippen LogP contribution is -2.38. The van der Waals surface area contributed by atoms with Gasteiger partial charge in [0.15, 0.2) is 5.65 Å². The Balaban J connectivity index is 1.44. The lowest BCUT2D eigenvalue weighted by molar-refractivity contribution is 0.122. The maximum Gasteiger partial charge on any atom is 0.228 e. The fourth-order valence-electron chi connectivity index (χ4n) is 4.92. The molecule has 1 N–H and O–H groups in total. The zero-order valence-corrected chi connectivity index (χ0v) is 19.8. The van der Waals surface area contributed by atoms with Crippen LogP contribution in [0.15, 0.2) is 36.7 Å². The molecule has 5 heterocycles. The molecular weight excluding hydrogens is 454 g/mol. The van der Waals surface area contributed by atoms with Crippen LogP contribution < -0.4 is 4.90 Å². The third-order valence-electron chi connectivity index (χ3n) is 6.80. The number of nitrogens with zero attached hydrogens (tertiary/aromatic N) is 6. The standard InChI is InChI=1S/C23H27N7O3S/c1-34(31,32)29-8-5-18(6-9-29)30-22-19(15-25-30)21(17-3-2-16-4-7-24-20(16)14-17)26-23(27-22)28-10-12-33-13-11-28/h2-4,7,14-15,18,24H,5-6,8-13H2,1H3. The minimum absolute atomic E-state index is 0.0849. The molecule has 1 aromatic carbocycles. The molecule has 0 atom stereocenters. The maximum absolute atomic E-state index is 12.0. The summed E-state index contributed by atoms with van der Waals surface area (Å²) in [5.74, 6) is 0.674. The molecule has 2 fully saturated rings. The topological polar surface area (TPSA) is 109 Å². The molecule has 0 amide bonds. The number of hydrogen-bond acceptors (Lipinski definition) is 7. The highest BCUT2D eigenvalue weighted by Gasteiger charge is 2.28. The highest BCUT2D eigenvalue weighted by atomic mass is 32.2. The van der Waals surface area contributed by atoms with E-state index in [0.717, 1.165) is 46.3 Å². The van der Waals surface area contributed by atoms with Gasteiger partial charge in [0.25, 0.3) is 0 Å². The molecule has 0 unspecified atom stereocenters. The molecule has 2 saturated heterocycles. The van der Waals surface area contributed by atoms with Crippen molar-refractivity contribution in [3.8, 4) is 11.3 Å². The number of sulfonamides is 1. The summed E-state index contributed by atoms with van der Waals surface area (Å²) in [6.07, 6.45) is 6.44. The number of morpholine rings is 1. The predicted octanol–water partition coefficient (Wildman–Crippen LogP) is 2.41. The summed E-state index contributed by atoms with van der Waals surface area (Å²) >= 11 is 0. The van der Waals surface area contributed by atoms with Crippen molar-refractivity contribution in [1.29, 1.82) is 0 Å². The normalized spacial score (nSPS) is 18.8. The third kappa shape index (κ3) is 3.83. The van der Waals surface area contributed by atoms with Gasteiger partial charge in [-0.2, -0.15) is 10.1 Å². The molecule has 4 aromatic rings. The van der Waals surface area contributed by atoms with Crippen LogP contribution in [0.2, 0.25) is 0 Å². The molecule has 6 rings (SSSR count). The number of benzene rings is 1. The number of rotatable bonds is 4. The number of ether oxygens (including phenoxy) is 1. The van der Waals surface area contributed by atoms with Gasteiger partial charge in [-0.05, 0) is 30.4 Å². The van der Waals surface area contributed by atoms with E-state index in [1.807, 2.05) is 17.1 Å². The van der Waals surface area contributed by atoms with Crippen molar-refractivity contribution in [2.24, 2.45) is 0 Å². The number of H-pyrrole nitrogens is 1.